The molecule has 0 spiro atoms. The van der Waals surface area contributed by atoms with Crippen LogP contribution in [-0.2, 0) is 17.8 Å². The first-order chi connectivity index (χ1) is 8.75. The molecule has 18 heavy (non-hydrogen) atoms. The van der Waals surface area contributed by atoms with Crippen LogP contribution in [0.15, 0.2) is 24.3 Å². The molecule has 0 bridgehead atoms. The summed E-state index contributed by atoms with van der Waals surface area (Å²) in [6.45, 7) is 1.25. The first kappa shape index (κ1) is 11.8. The van der Waals surface area contributed by atoms with Crippen molar-refractivity contribution in [2.24, 2.45) is 0 Å². The van der Waals surface area contributed by atoms with E-state index in [1.54, 1.807) is 0 Å². The largest absolute Gasteiger partial charge is 0.376 e. The second-order valence-corrected chi connectivity index (χ2v) is 4.92. The lowest BCUT2D eigenvalue weighted by molar-refractivity contribution is 0.108. The SMILES string of the molecule is S=c1nc(-c2ccccc2Cl)[nH]c2c1COCC2. The van der Waals surface area contributed by atoms with E-state index >= 15 is 0 Å². The number of nitrogens with zero attached hydrogens (tertiary/aromatic N) is 1. The van der Waals surface area contributed by atoms with E-state index in [0.29, 0.717) is 22.9 Å². The Morgan fingerprint density at radius 1 is 1.33 bits per heavy atom. The Bertz CT molecular complexity index is 654. The van der Waals surface area contributed by atoms with Crippen molar-refractivity contribution >= 4 is 23.8 Å². The van der Waals surface area contributed by atoms with Crippen molar-refractivity contribution in [3.8, 4) is 11.4 Å². The van der Waals surface area contributed by atoms with Crippen LogP contribution in [0.2, 0.25) is 5.02 Å². The standard InChI is InChI=1S/C13H11ClN2OS/c14-10-4-2-1-3-8(10)12-15-11-5-6-17-7-9(11)13(18)16-12/h1-4H,5-7H2,(H,15,16,18). The fourth-order valence-electron chi connectivity index (χ4n) is 2.04. The van der Waals surface area contributed by atoms with E-state index in [4.69, 9.17) is 28.6 Å². The van der Waals surface area contributed by atoms with Crippen LogP contribution in [0.3, 0.4) is 0 Å². The maximum atomic E-state index is 6.18. The maximum absolute atomic E-state index is 6.18. The molecule has 92 valence electrons. The monoisotopic (exact) mass is 278 g/mol. The van der Waals surface area contributed by atoms with Crippen LogP contribution in [0.1, 0.15) is 11.3 Å². The minimum absolute atomic E-state index is 0.542. The fraction of sp³-hybridized carbons (Fsp3) is 0.231. The highest BCUT2D eigenvalue weighted by Crippen LogP contribution is 2.26. The maximum Gasteiger partial charge on any atom is 0.140 e. The molecule has 0 unspecified atom stereocenters. The summed E-state index contributed by atoms with van der Waals surface area (Å²) < 4.78 is 5.99. The van der Waals surface area contributed by atoms with Gasteiger partial charge in [-0.05, 0) is 12.1 Å². The summed E-state index contributed by atoms with van der Waals surface area (Å²) in [5.41, 5.74) is 2.97. The molecule has 0 saturated carbocycles. The van der Waals surface area contributed by atoms with Crippen molar-refractivity contribution in [2.45, 2.75) is 13.0 Å². The third-order valence-corrected chi connectivity index (χ3v) is 3.64. The number of H-pyrrole nitrogens is 1. The van der Waals surface area contributed by atoms with Gasteiger partial charge in [-0.1, -0.05) is 36.0 Å². The summed E-state index contributed by atoms with van der Waals surface area (Å²) in [6, 6.07) is 7.61. The van der Waals surface area contributed by atoms with Crippen molar-refractivity contribution in [1.29, 1.82) is 0 Å². The summed E-state index contributed by atoms with van der Waals surface area (Å²) in [4.78, 5) is 7.73. The number of halogens is 1. The van der Waals surface area contributed by atoms with Crippen LogP contribution < -0.4 is 0 Å². The molecule has 2 heterocycles. The van der Waals surface area contributed by atoms with Gasteiger partial charge in [-0.25, -0.2) is 4.98 Å². The quantitative estimate of drug-likeness (QED) is 0.811. The van der Waals surface area contributed by atoms with Gasteiger partial charge in [0.25, 0.3) is 0 Å². The molecule has 0 atom stereocenters. The van der Waals surface area contributed by atoms with Crippen LogP contribution in [0, 0.1) is 4.64 Å². The molecule has 1 N–H and O–H groups in total. The molecule has 0 aliphatic carbocycles. The third-order valence-electron chi connectivity index (χ3n) is 2.98. The molecule has 0 fully saturated rings. The van der Waals surface area contributed by atoms with E-state index in [0.717, 1.165) is 29.1 Å². The number of aromatic nitrogens is 2. The Kier molecular flexibility index (Phi) is 3.16. The van der Waals surface area contributed by atoms with Crippen molar-refractivity contribution in [1.82, 2.24) is 9.97 Å². The van der Waals surface area contributed by atoms with Crippen LogP contribution in [0.5, 0.6) is 0 Å². The Labute approximate surface area is 115 Å². The highest BCUT2D eigenvalue weighted by molar-refractivity contribution is 7.71. The predicted molar refractivity (Wildman–Crippen MR) is 73.2 cm³/mol. The predicted octanol–water partition coefficient (Wildman–Crippen LogP) is 3.53. The molecular formula is C13H11ClN2OS. The van der Waals surface area contributed by atoms with E-state index in [-0.39, 0.29) is 0 Å². The Balaban J connectivity index is 2.17. The minimum atomic E-state index is 0.542. The first-order valence-electron chi connectivity index (χ1n) is 5.70. The molecule has 3 nitrogen and oxygen atoms in total. The summed E-state index contributed by atoms with van der Waals surface area (Å²) >= 11 is 11.5. The molecule has 1 aromatic carbocycles. The molecular weight excluding hydrogens is 268 g/mol. The third kappa shape index (κ3) is 2.07. The van der Waals surface area contributed by atoms with Crippen LogP contribution in [-0.4, -0.2) is 16.6 Å². The van der Waals surface area contributed by atoms with Gasteiger partial charge in [0.15, 0.2) is 0 Å². The average Bonchev–Trinajstić information content (AvgIpc) is 2.39. The zero-order chi connectivity index (χ0) is 12.5. The van der Waals surface area contributed by atoms with Gasteiger partial charge in [0.2, 0.25) is 0 Å². The lowest BCUT2D eigenvalue weighted by Crippen LogP contribution is -2.14. The highest BCUT2D eigenvalue weighted by atomic mass is 35.5. The number of aromatic amines is 1. The average molecular weight is 279 g/mol. The second-order valence-electron chi connectivity index (χ2n) is 4.13. The van der Waals surface area contributed by atoms with Crippen LogP contribution >= 0.6 is 23.8 Å². The number of hydrogen-bond donors (Lipinski definition) is 1. The fourth-order valence-corrected chi connectivity index (χ4v) is 2.53. The Morgan fingerprint density at radius 2 is 2.17 bits per heavy atom. The summed E-state index contributed by atoms with van der Waals surface area (Å²) in [5.74, 6) is 0.728. The van der Waals surface area contributed by atoms with E-state index < -0.39 is 0 Å². The van der Waals surface area contributed by atoms with Gasteiger partial charge in [-0.15, -0.1) is 0 Å². The zero-order valence-electron chi connectivity index (χ0n) is 9.57. The lowest BCUT2D eigenvalue weighted by atomic mass is 10.1. The molecule has 0 amide bonds. The normalized spacial score (nSPS) is 14.3. The summed E-state index contributed by atoms with van der Waals surface area (Å²) in [7, 11) is 0. The molecule has 1 aliphatic rings. The number of hydrogen-bond acceptors (Lipinski definition) is 3. The van der Waals surface area contributed by atoms with Gasteiger partial charge in [-0.2, -0.15) is 0 Å². The second kappa shape index (κ2) is 4.80. The van der Waals surface area contributed by atoms with E-state index in [1.807, 2.05) is 24.3 Å². The highest BCUT2D eigenvalue weighted by Gasteiger charge is 2.15. The smallest absolute Gasteiger partial charge is 0.140 e. The molecule has 3 rings (SSSR count). The number of rotatable bonds is 1. The van der Waals surface area contributed by atoms with Crippen molar-refractivity contribution in [2.75, 3.05) is 6.61 Å². The van der Waals surface area contributed by atoms with Gasteiger partial charge >= 0.3 is 0 Å². The molecule has 1 aromatic heterocycles. The van der Waals surface area contributed by atoms with Gasteiger partial charge in [0, 0.05) is 23.2 Å². The minimum Gasteiger partial charge on any atom is -0.376 e. The molecule has 0 radical (unpaired) electrons. The summed E-state index contributed by atoms with van der Waals surface area (Å²) in [6.07, 6.45) is 0.832. The van der Waals surface area contributed by atoms with Crippen molar-refractivity contribution in [3.05, 3.63) is 45.2 Å². The first-order valence-corrected chi connectivity index (χ1v) is 6.49. The topological polar surface area (TPSA) is 37.9 Å². The number of nitrogens with one attached hydrogen (secondary N) is 1. The van der Waals surface area contributed by atoms with Gasteiger partial charge in [-0.3, -0.25) is 0 Å². The molecule has 2 aromatic rings. The van der Waals surface area contributed by atoms with E-state index in [1.165, 1.54) is 0 Å². The van der Waals surface area contributed by atoms with E-state index in [9.17, 15) is 0 Å². The number of ether oxygens (including phenoxy) is 1. The van der Waals surface area contributed by atoms with Gasteiger partial charge in [0.1, 0.15) is 10.5 Å². The van der Waals surface area contributed by atoms with Gasteiger partial charge in [0.05, 0.1) is 18.2 Å². The Hall–Kier alpha value is -1.23. The van der Waals surface area contributed by atoms with Crippen LogP contribution in [0.4, 0.5) is 0 Å². The zero-order valence-corrected chi connectivity index (χ0v) is 11.1. The molecule has 1 aliphatic heterocycles. The number of benzene rings is 1. The lowest BCUT2D eigenvalue weighted by Gasteiger charge is -2.17. The summed E-state index contributed by atoms with van der Waals surface area (Å²) in [5, 5.41) is 0.669. The number of fused-ring (bicyclic) bond motifs is 1. The Morgan fingerprint density at radius 3 is 3.00 bits per heavy atom. The van der Waals surface area contributed by atoms with Crippen molar-refractivity contribution in [3.63, 3.8) is 0 Å². The molecule has 5 heteroatoms. The van der Waals surface area contributed by atoms with E-state index in [2.05, 4.69) is 9.97 Å². The molecule has 0 saturated heterocycles. The van der Waals surface area contributed by atoms with Crippen LogP contribution in [0.25, 0.3) is 11.4 Å². The van der Waals surface area contributed by atoms with Crippen molar-refractivity contribution < 1.29 is 4.74 Å². The van der Waals surface area contributed by atoms with Gasteiger partial charge < -0.3 is 9.72 Å².